The number of anilines is 1. The van der Waals surface area contributed by atoms with Gasteiger partial charge in [0.15, 0.2) is 0 Å². The third-order valence-corrected chi connectivity index (χ3v) is 2.18. The first-order valence-corrected chi connectivity index (χ1v) is 5.06. The molecule has 5 heteroatoms. The maximum Gasteiger partial charge on any atom is 0.146 e. The van der Waals surface area contributed by atoms with E-state index in [9.17, 15) is 0 Å². The minimum Gasteiger partial charge on any atom is -0.368 e. The minimum absolute atomic E-state index is 0.446. The molecule has 3 nitrogen and oxygen atoms in total. The van der Waals surface area contributed by atoms with Crippen molar-refractivity contribution in [3.63, 3.8) is 0 Å². The number of hydrogen-bond donors (Lipinski definition) is 1. The van der Waals surface area contributed by atoms with E-state index in [0.717, 1.165) is 13.1 Å². The maximum atomic E-state index is 5.91. The number of rotatable bonds is 4. The van der Waals surface area contributed by atoms with Crippen LogP contribution in [0, 0.1) is 0 Å². The van der Waals surface area contributed by atoms with Crippen LogP contribution in [-0.4, -0.2) is 37.1 Å². The third kappa shape index (κ3) is 3.70. The van der Waals surface area contributed by atoms with Crippen LogP contribution < -0.4 is 5.32 Å². The number of nitrogens with zero attached hydrogens (tertiary/aromatic N) is 2. The predicted molar refractivity (Wildman–Crippen MR) is 61.3 cm³/mol. The number of nitrogens with one attached hydrogen (secondary N) is 1. The van der Waals surface area contributed by atoms with Gasteiger partial charge in [-0.15, -0.1) is 0 Å². The molecule has 0 aliphatic carbocycles. The Balaban J connectivity index is 2.53. The Labute approximate surface area is 94.0 Å². The Bertz CT molecular complexity index is 302. The lowest BCUT2D eigenvalue weighted by molar-refractivity contribution is 0.425. The van der Waals surface area contributed by atoms with Gasteiger partial charge in [0.2, 0.25) is 0 Å². The van der Waals surface area contributed by atoms with Crippen molar-refractivity contribution < 1.29 is 0 Å². The zero-order valence-electron chi connectivity index (χ0n) is 8.22. The molecule has 0 aliphatic heterocycles. The first-order chi connectivity index (χ1) is 6.59. The van der Waals surface area contributed by atoms with E-state index in [1.54, 1.807) is 12.1 Å². The van der Waals surface area contributed by atoms with Gasteiger partial charge in [-0.25, -0.2) is 4.98 Å². The molecule has 1 heterocycles. The lowest BCUT2D eigenvalue weighted by Crippen LogP contribution is -2.21. The maximum absolute atomic E-state index is 5.91. The van der Waals surface area contributed by atoms with E-state index in [4.69, 9.17) is 23.2 Å². The molecule has 0 radical (unpaired) electrons. The summed E-state index contributed by atoms with van der Waals surface area (Å²) in [4.78, 5) is 6.15. The highest BCUT2D eigenvalue weighted by molar-refractivity contribution is 6.34. The average Bonchev–Trinajstić information content (AvgIpc) is 2.10. The zero-order chi connectivity index (χ0) is 10.6. The second-order valence-corrected chi connectivity index (χ2v) is 3.99. The highest BCUT2D eigenvalue weighted by Gasteiger charge is 2.01. The van der Waals surface area contributed by atoms with Gasteiger partial charge < -0.3 is 10.2 Å². The van der Waals surface area contributed by atoms with Crippen LogP contribution >= 0.6 is 23.2 Å². The molecule has 0 atom stereocenters. The largest absolute Gasteiger partial charge is 0.368 e. The summed E-state index contributed by atoms with van der Waals surface area (Å²) in [6.45, 7) is 1.71. The quantitative estimate of drug-likeness (QED) is 0.810. The Morgan fingerprint density at radius 3 is 2.71 bits per heavy atom. The molecule has 78 valence electrons. The van der Waals surface area contributed by atoms with Crippen LogP contribution in [0.5, 0.6) is 0 Å². The lowest BCUT2D eigenvalue weighted by atomic mass is 10.4. The van der Waals surface area contributed by atoms with E-state index in [0.29, 0.717) is 16.0 Å². The monoisotopic (exact) mass is 233 g/mol. The van der Waals surface area contributed by atoms with Gasteiger partial charge in [-0.2, -0.15) is 0 Å². The summed E-state index contributed by atoms with van der Waals surface area (Å²) in [5.41, 5.74) is 0. The van der Waals surface area contributed by atoms with Crippen LogP contribution in [-0.2, 0) is 0 Å². The fourth-order valence-corrected chi connectivity index (χ4v) is 1.26. The highest BCUT2D eigenvalue weighted by atomic mass is 35.5. The van der Waals surface area contributed by atoms with Crippen LogP contribution in [0.2, 0.25) is 10.2 Å². The van der Waals surface area contributed by atoms with Crippen molar-refractivity contribution in [2.45, 2.75) is 0 Å². The molecule has 0 aromatic carbocycles. The Morgan fingerprint density at radius 1 is 1.36 bits per heavy atom. The fourth-order valence-electron chi connectivity index (χ4n) is 0.940. The van der Waals surface area contributed by atoms with Crippen molar-refractivity contribution in [2.24, 2.45) is 0 Å². The van der Waals surface area contributed by atoms with Crippen molar-refractivity contribution in [1.29, 1.82) is 0 Å². The van der Waals surface area contributed by atoms with Crippen molar-refractivity contribution in [2.75, 3.05) is 32.5 Å². The van der Waals surface area contributed by atoms with E-state index in [1.807, 2.05) is 14.1 Å². The van der Waals surface area contributed by atoms with E-state index in [1.165, 1.54) is 0 Å². The summed E-state index contributed by atoms with van der Waals surface area (Å²) in [7, 11) is 4.02. The van der Waals surface area contributed by atoms with Crippen LogP contribution in [0.1, 0.15) is 0 Å². The molecule has 1 N–H and O–H groups in total. The highest BCUT2D eigenvalue weighted by Crippen LogP contribution is 2.20. The second kappa shape index (κ2) is 5.39. The molecular weight excluding hydrogens is 221 g/mol. The van der Waals surface area contributed by atoms with Crippen LogP contribution in [0.25, 0.3) is 0 Å². The number of hydrogen-bond acceptors (Lipinski definition) is 3. The Kier molecular flexibility index (Phi) is 4.45. The zero-order valence-corrected chi connectivity index (χ0v) is 9.73. The summed E-state index contributed by atoms with van der Waals surface area (Å²) in [5, 5.41) is 4.15. The predicted octanol–water partition coefficient (Wildman–Crippen LogP) is 2.36. The van der Waals surface area contributed by atoms with Crippen LogP contribution in [0.15, 0.2) is 12.1 Å². The summed E-state index contributed by atoms with van der Waals surface area (Å²) in [5.74, 6) is 0.640. The molecule has 0 bridgehead atoms. The fraction of sp³-hybridized carbons (Fsp3) is 0.444. The van der Waals surface area contributed by atoms with E-state index in [-0.39, 0.29) is 0 Å². The minimum atomic E-state index is 0.446. The van der Waals surface area contributed by atoms with Crippen LogP contribution in [0.3, 0.4) is 0 Å². The lowest BCUT2D eigenvalue weighted by Gasteiger charge is -2.11. The normalized spacial score (nSPS) is 10.6. The number of halogens is 2. The number of likely N-dealkylation sites (N-methyl/N-ethyl adjacent to an activating group) is 1. The van der Waals surface area contributed by atoms with Gasteiger partial charge in [0.25, 0.3) is 0 Å². The van der Waals surface area contributed by atoms with E-state index in [2.05, 4.69) is 15.2 Å². The SMILES string of the molecule is CN(C)CCNc1nc(Cl)ccc1Cl. The molecule has 0 aliphatic rings. The van der Waals surface area contributed by atoms with Gasteiger partial charge in [-0.3, -0.25) is 0 Å². The van der Waals surface area contributed by atoms with Gasteiger partial charge in [0, 0.05) is 13.1 Å². The first kappa shape index (κ1) is 11.6. The smallest absolute Gasteiger partial charge is 0.146 e. The van der Waals surface area contributed by atoms with E-state index < -0.39 is 0 Å². The summed E-state index contributed by atoms with van der Waals surface area (Å²) in [6.07, 6.45) is 0. The molecule has 0 spiro atoms. The standard InChI is InChI=1S/C9H13Cl2N3/c1-14(2)6-5-12-9-7(10)3-4-8(11)13-9/h3-4H,5-6H2,1-2H3,(H,12,13). The van der Waals surface area contributed by atoms with Gasteiger partial charge in [0.1, 0.15) is 11.0 Å². The second-order valence-electron chi connectivity index (χ2n) is 3.19. The summed E-state index contributed by atoms with van der Waals surface area (Å²) in [6, 6.07) is 3.40. The third-order valence-electron chi connectivity index (χ3n) is 1.66. The van der Waals surface area contributed by atoms with Crippen molar-refractivity contribution in [3.8, 4) is 0 Å². The van der Waals surface area contributed by atoms with Crippen molar-refractivity contribution in [3.05, 3.63) is 22.3 Å². The first-order valence-electron chi connectivity index (χ1n) is 4.30. The summed E-state index contributed by atoms with van der Waals surface area (Å²) < 4.78 is 0. The molecule has 0 amide bonds. The van der Waals surface area contributed by atoms with Crippen molar-refractivity contribution in [1.82, 2.24) is 9.88 Å². The van der Waals surface area contributed by atoms with Gasteiger partial charge >= 0.3 is 0 Å². The topological polar surface area (TPSA) is 28.2 Å². The molecular formula is C9H13Cl2N3. The molecule has 0 unspecified atom stereocenters. The molecule has 1 aromatic rings. The molecule has 0 saturated heterocycles. The molecule has 1 aromatic heterocycles. The number of pyridine rings is 1. The van der Waals surface area contributed by atoms with E-state index >= 15 is 0 Å². The molecule has 0 fully saturated rings. The Morgan fingerprint density at radius 2 is 2.07 bits per heavy atom. The average molecular weight is 234 g/mol. The number of aromatic nitrogens is 1. The summed E-state index contributed by atoms with van der Waals surface area (Å²) >= 11 is 11.7. The molecule has 0 saturated carbocycles. The molecule has 14 heavy (non-hydrogen) atoms. The van der Waals surface area contributed by atoms with Gasteiger partial charge in [-0.05, 0) is 26.2 Å². The van der Waals surface area contributed by atoms with Crippen molar-refractivity contribution >= 4 is 29.0 Å². The molecule has 1 rings (SSSR count). The van der Waals surface area contributed by atoms with Gasteiger partial charge in [0.05, 0.1) is 5.02 Å². The Hall–Kier alpha value is -0.510. The van der Waals surface area contributed by atoms with Gasteiger partial charge in [-0.1, -0.05) is 23.2 Å². The van der Waals surface area contributed by atoms with Crippen LogP contribution in [0.4, 0.5) is 5.82 Å².